The fourth-order valence-electron chi connectivity index (χ4n) is 4.53. The minimum atomic E-state index is -0.184. The molecule has 0 N–H and O–H groups in total. The van der Waals surface area contributed by atoms with Gasteiger partial charge in [-0.3, -0.25) is 4.79 Å². The standard InChI is InChI=1S/C32H28N2O2/c1-33(2)27-17-13-25(14-18-27)29-31(35)30(32(29)36)26-15-19-28(20-16-26)34(21-23-9-5-3-6-10-23)22-24-11-7-4-8-12-24/h3-20H,21-22H2,1-2H3. The number of carbonyl (C=O) groups excluding carboxylic acids is 1. The van der Waals surface area contributed by atoms with Crippen LogP contribution in [0.1, 0.15) is 16.7 Å². The minimum absolute atomic E-state index is 0.184. The van der Waals surface area contributed by atoms with E-state index in [9.17, 15) is 9.90 Å². The number of carbonyl (C=O) groups is 1. The molecule has 3 aromatic rings. The summed E-state index contributed by atoms with van der Waals surface area (Å²) in [6.45, 7) is 1.51. The highest BCUT2D eigenvalue weighted by Crippen LogP contribution is 2.38. The van der Waals surface area contributed by atoms with Crippen molar-refractivity contribution in [3.63, 3.8) is 0 Å². The highest BCUT2D eigenvalue weighted by atomic mass is 16.3. The fourth-order valence-corrected chi connectivity index (χ4v) is 4.53. The lowest BCUT2D eigenvalue weighted by molar-refractivity contribution is -0.462. The number of hydrogen-bond donors (Lipinski definition) is 0. The molecule has 178 valence electrons. The zero-order chi connectivity index (χ0) is 25.1. The third-order valence-corrected chi connectivity index (χ3v) is 6.53. The molecule has 0 aliphatic heterocycles. The molecule has 4 heteroatoms. The van der Waals surface area contributed by atoms with Gasteiger partial charge in [-0.15, -0.1) is 0 Å². The lowest BCUT2D eigenvalue weighted by atomic mass is 9.80. The smallest absolute Gasteiger partial charge is 0.199 e. The van der Waals surface area contributed by atoms with E-state index in [1.54, 1.807) is 0 Å². The van der Waals surface area contributed by atoms with Gasteiger partial charge in [0, 0.05) is 42.1 Å². The van der Waals surface area contributed by atoms with Gasteiger partial charge in [0.25, 0.3) is 0 Å². The second-order valence-corrected chi connectivity index (χ2v) is 9.22. The van der Waals surface area contributed by atoms with Gasteiger partial charge in [0.2, 0.25) is 0 Å². The monoisotopic (exact) mass is 472 g/mol. The van der Waals surface area contributed by atoms with E-state index in [1.165, 1.54) is 11.1 Å². The van der Waals surface area contributed by atoms with Crippen molar-refractivity contribution in [2.45, 2.75) is 13.1 Å². The Bertz CT molecular complexity index is 1380. The molecule has 0 heterocycles. The van der Waals surface area contributed by atoms with Crippen molar-refractivity contribution in [2.75, 3.05) is 19.0 Å². The van der Waals surface area contributed by atoms with Crippen LogP contribution in [-0.4, -0.2) is 30.2 Å². The lowest BCUT2D eigenvalue weighted by Crippen LogP contribution is -2.30. The van der Waals surface area contributed by atoms with Crippen LogP contribution >= 0.6 is 0 Å². The maximum absolute atomic E-state index is 13.0. The van der Waals surface area contributed by atoms with E-state index < -0.39 is 0 Å². The number of nitrogens with zero attached hydrogens (tertiary/aromatic N) is 2. The van der Waals surface area contributed by atoms with Gasteiger partial charge >= 0.3 is 0 Å². The highest BCUT2D eigenvalue weighted by molar-refractivity contribution is 6.39. The molecule has 0 saturated heterocycles. The highest BCUT2D eigenvalue weighted by Gasteiger charge is 2.30. The van der Waals surface area contributed by atoms with Gasteiger partial charge in [-0.2, -0.15) is 0 Å². The van der Waals surface area contributed by atoms with Crippen molar-refractivity contribution in [3.8, 4) is 0 Å². The molecule has 0 bridgehead atoms. The first-order chi connectivity index (χ1) is 17.5. The van der Waals surface area contributed by atoms with Crippen LogP contribution in [0.2, 0.25) is 0 Å². The van der Waals surface area contributed by atoms with Gasteiger partial charge in [-0.05, 0) is 46.5 Å². The van der Waals surface area contributed by atoms with E-state index in [2.05, 4.69) is 29.2 Å². The molecule has 2 aliphatic carbocycles. The largest absolute Gasteiger partial charge is 0.871 e. The Morgan fingerprint density at radius 1 is 0.694 bits per heavy atom. The van der Waals surface area contributed by atoms with E-state index in [-0.39, 0.29) is 22.7 Å². The molecule has 0 unspecified atom stereocenters. The molecule has 36 heavy (non-hydrogen) atoms. The molecule has 0 saturated carbocycles. The number of hydrogen-bond acceptors (Lipinski definition) is 3. The average molecular weight is 473 g/mol. The van der Waals surface area contributed by atoms with Crippen molar-refractivity contribution in [3.05, 3.63) is 143 Å². The Kier molecular flexibility index (Phi) is 6.50. The van der Waals surface area contributed by atoms with Gasteiger partial charge in [-0.25, -0.2) is 4.58 Å². The summed E-state index contributed by atoms with van der Waals surface area (Å²) in [4.78, 5) is 15.3. The number of benzene rings is 3. The van der Waals surface area contributed by atoms with Gasteiger partial charge < -0.3 is 10.0 Å². The molecule has 0 aromatic heterocycles. The van der Waals surface area contributed by atoms with Crippen LogP contribution in [0.25, 0.3) is 5.57 Å². The van der Waals surface area contributed by atoms with Crippen molar-refractivity contribution < 1.29 is 14.5 Å². The first-order valence-electron chi connectivity index (χ1n) is 12.1. The summed E-state index contributed by atoms with van der Waals surface area (Å²) in [6.07, 6.45) is 7.52. The number of rotatable bonds is 6. The van der Waals surface area contributed by atoms with Crippen LogP contribution < -0.4 is 10.0 Å². The number of ketones is 1. The van der Waals surface area contributed by atoms with Gasteiger partial charge in [0.15, 0.2) is 11.5 Å². The summed E-state index contributed by atoms with van der Waals surface area (Å²) in [5, 5.41) is 13.0. The zero-order valence-electron chi connectivity index (χ0n) is 20.5. The second kappa shape index (κ2) is 10.0. The average Bonchev–Trinajstić information content (AvgIpc) is 2.90. The SMILES string of the molecule is C[N+](C)=C1C=CC(=C2C(=O)C(c3ccc(N(Cc4ccccc4)Cc4ccccc4)cc3)=C2[O-])C=C1. The fraction of sp³-hybridized carbons (Fsp3) is 0.125. The third-order valence-electron chi connectivity index (χ3n) is 6.53. The molecule has 2 aliphatic rings. The Morgan fingerprint density at radius 3 is 1.69 bits per heavy atom. The molecule has 3 aromatic carbocycles. The van der Waals surface area contributed by atoms with Crippen molar-refractivity contribution in [1.82, 2.24) is 0 Å². The van der Waals surface area contributed by atoms with Gasteiger partial charge in [-0.1, -0.05) is 78.6 Å². The first kappa shape index (κ1) is 23.3. The van der Waals surface area contributed by atoms with E-state index >= 15 is 0 Å². The molecule has 4 nitrogen and oxygen atoms in total. The molecule has 0 spiro atoms. The van der Waals surface area contributed by atoms with Crippen LogP contribution in [0, 0.1) is 0 Å². The minimum Gasteiger partial charge on any atom is -0.871 e. The Balaban J connectivity index is 1.41. The van der Waals surface area contributed by atoms with Crippen molar-refractivity contribution in [1.29, 1.82) is 0 Å². The maximum Gasteiger partial charge on any atom is 0.199 e. The third kappa shape index (κ3) is 4.71. The van der Waals surface area contributed by atoms with Crippen LogP contribution in [0.3, 0.4) is 0 Å². The maximum atomic E-state index is 13.0. The summed E-state index contributed by atoms with van der Waals surface area (Å²) in [5.41, 5.74) is 6.38. The number of allylic oxidation sites excluding steroid dienone is 7. The van der Waals surface area contributed by atoms with Crippen LogP contribution in [0.4, 0.5) is 5.69 Å². The summed E-state index contributed by atoms with van der Waals surface area (Å²) < 4.78 is 1.98. The predicted molar refractivity (Wildman–Crippen MR) is 144 cm³/mol. The Labute approximate surface area is 212 Å². The Hall–Kier alpha value is -4.44. The summed E-state index contributed by atoms with van der Waals surface area (Å²) in [7, 11) is 3.91. The first-order valence-corrected chi connectivity index (χ1v) is 12.1. The number of Topliss-reactive ketones (excluding diaryl/α,β-unsaturated/α-hetero) is 1. The molecular weight excluding hydrogens is 444 g/mol. The van der Waals surface area contributed by atoms with Crippen LogP contribution in [0.15, 0.2) is 126 Å². The zero-order valence-corrected chi connectivity index (χ0v) is 20.5. The molecule has 5 rings (SSSR count). The van der Waals surface area contributed by atoms with Crippen molar-refractivity contribution >= 4 is 22.8 Å². The van der Waals surface area contributed by atoms with E-state index in [4.69, 9.17) is 0 Å². The second-order valence-electron chi connectivity index (χ2n) is 9.22. The molecule has 0 radical (unpaired) electrons. The van der Waals surface area contributed by atoms with E-state index in [1.807, 2.05) is 104 Å². The molecule has 0 atom stereocenters. The Morgan fingerprint density at radius 2 is 1.22 bits per heavy atom. The van der Waals surface area contributed by atoms with E-state index in [0.29, 0.717) is 11.1 Å². The van der Waals surface area contributed by atoms with Gasteiger partial charge in [0.1, 0.15) is 14.1 Å². The topological polar surface area (TPSA) is 46.4 Å². The quantitative estimate of drug-likeness (QED) is 0.387. The molecule has 0 fully saturated rings. The van der Waals surface area contributed by atoms with Crippen molar-refractivity contribution in [2.24, 2.45) is 0 Å². The summed E-state index contributed by atoms with van der Waals surface area (Å²) >= 11 is 0. The summed E-state index contributed by atoms with van der Waals surface area (Å²) in [5.74, 6) is -0.369. The van der Waals surface area contributed by atoms with E-state index in [0.717, 1.165) is 24.5 Å². The normalized spacial score (nSPS) is 14.8. The molecular formula is C32H28N2O2. The number of anilines is 1. The molecule has 0 amide bonds. The van der Waals surface area contributed by atoms with Crippen LogP contribution in [-0.2, 0) is 17.9 Å². The van der Waals surface area contributed by atoms with Crippen LogP contribution in [0.5, 0.6) is 0 Å². The lowest BCUT2D eigenvalue weighted by Gasteiger charge is -2.32. The van der Waals surface area contributed by atoms with Gasteiger partial charge in [0.05, 0.1) is 0 Å². The summed E-state index contributed by atoms with van der Waals surface area (Å²) in [6, 6.07) is 28.5. The predicted octanol–water partition coefficient (Wildman–Crippen LogP) is 4.68.